The summed E-state index contributed by atoms with van der Waals surface area (Å²) in [6.07, 6.45) is 0. The van der Waals surface area contributed by atoms with Crippen LogP contribution in [0.25, 0.3) is 65.3 Å². The SMILES string of the molecule is Cc1cc(C)c(-c2cc3c4c(ccc5c6c(-c7c(C)cc(C)cc7C)cc7c8c(ccc(c2c45)c86)C(=O)N(C)C7=O)C(=O)N(C)C3=O)c(C)c1. The van der Waals surface area contributed by atoms with E-state index in [2.05, 4.69) is 65.8 Å². The Morgan fingerprint density at radius 2 is 0.680 bits per heavy atom. The van der Waals surface area contributed by atoms with Crippen LogP contribution in [-0.4, -0.2) is 47.5 Å². The minimum absolute atomic E-state index is 0.337. The van der Waals surface area contributed by atoms with Crippen molar-refractivity contribution in [1.82, 2.24) is 9.80 Å². The van der Waals surface area contributed by atoms with Gasteiger partial charge in [0.05, 0.1) is 0 Å². The number of hydrogen-bond donors (Lipinski definition) is 0. The second-order valence-electron chi connectivity index (χ2n) is 14.4. The zero-order valence-corrected chi connectivity index (χ0v) is 29.3. The third-order valence-electron chi connectivity index (χ3n) is 11.1. The minimum Gasteiger partial charge on any atom is -0.277 e. The molecule has 0 saturated carbocycles. The summed E-state index contributed by atoms with van der Waals surface area (Å²) in [5.74, 6) is -1.35. The Bertz CT molecular complexity index is 2580. The fourth-order valence-corrected chi connectivity index (χ4v) is 9.31. The molecule has 2 aliphatic rings. The summed E-state index contributed by atoms with van der Waals surface area (Å²) in [5, 5.41) is 6.52. The smallest absolute Gasteiger partial charge is 0.261 e. The minimum atomic E-state index is -0.337. The molecule has 7 aromatic carbocycles. The first-order valence-electron chi connectivity index (χ1n) is 16.9. The Morgan fingerprint density at radius 1 is 0.360 bits per heavy atom. The van der Waals surface area contributed by atoms with E-state index in [0.29, 0.717) is 33.0 Å². The molecule has 9 rings (SSSR count). The number of carbonyl (C=O) groups excluding carboxylic acids is 4. The van der Waals surface area contributed by atoms with Crippen molar-refractivity contribution in [3.8, 4) is 22.3 Å². The van der Waals surface area contributed by atoms with E-state index in [0.717, 1.165) is 88.0 Å². The number of hydrogen-bond acceptors (Lipinski definition) is 4. The Labute approximate surface area is 289 Å². The number of nitrogens with zero attached hydrogens (tertiary/aromatic N) is 2. The highest BCUT2D eigenvalue weighted by Gasteiger charge is 2.37. The topological polar surface area (TPSA) is 74.8 Å². The fraction of sp³-hybridized carbons (Fsp3) is 0.182. The van der Waals surface area contributed by atoms with E-state index in [9.17, 15) is 19.2 Å². The van der Waals surface area contributed by atoms with E-state index in [-0.39, 0.29) is 23.6 Å². The maximum atomic E-state index is 14.1. The van der Waals surface area contributed by atoms with E-state index in [1.54, 1.807) is 14.1 Å². The molecule has 2 aliphatic heterocycles. The van der Waals surface area contributed by atoms with E-state index in [4.69, 9.17) is 0 Å². The highest BCUT2D eigenvalue weighted by molar-refractivity contribution is 6.44. The maximum Gasteiger partial charge on any atom is 0.261 e. The average molecular weight is 655 g/mol. The number of amides is 4. The first-order chi connectivity index (χ1) is 23.8. The van der Waals surface area contributed by atoms with E-state index in [1.807, 2.05) is 36.4 Å². The number of fused-ring (bicyclic) bond motifs is 2. The molecule has 0 aliphatic carbocycles. The molecule has 0 radical (unpaired) electrons. The summed E-state index contributed by atoms with van der Waals surface area (Å²) >= 11 is 0. The first-order valence-corrected chi connectivity index (χ1v) is 16.9. The van der Waals surface area contributed by atoms with Crippen LogP contribution in [0.4, 0.5) is 0 Å². The molecular formula is C44H34N2O4. The Balaban J connectivity index is 1.64. The van der Waals surface area contributed by atoms with Crippen molar-refractivity contribution in [2.75, 3.05) is 14.1 Å². The number of aryl methyl sites for hydroxylation is 6. The quantitative estimate of drug-likeness (QED) is 0.106. The van der Waals surface area contributed by atoms with Gasteiger partial charge in [-0.3, -0.25) is 29.0 Å². The monoisotopic (exact) mass is 654 g/mol. The van der Waals surface area contributed by atoms with Crippen molar-refractivity contribution < 1.29 is 19.2 Å². The van der Waals surface area contributed by atoms with Crippen LogP contribution >= 0.6 is 0 Å². The van der Waals surface area contributed by atoms with Crippen molar-refractivity contribution in [2.24, 2.45) is 0 Å². The van der Waals surface area contributed by atoms with Gasteiger partial charge < -0.3 is 0 Å². The molecule has 4 amide bonds. The summed E-state index contributed by atoms with van der Waals surface area (Å²) < 4.78 is 0. The van der Waals surface area contributed by atoms with Crippen molar-refractivity contribution in [3.05, 3.63) is 116 Å². The number of carbonyl (C=O) groups is 4. The molecule has 0 bridgehead atoms. The molecule has 0 saturated heterocycles. The Morgan fingerprint density at radius 3 is 1.02 bits per heavy atom. The standard InChI is InChI=1S/C44H34N2O4/c1-19-13-21(3)33(22(4)14-19)29-17-31-37-27(41(47)45(7)43(31)49)12-10-26-36-30(34-23(5)15-20(2)16-24(34)6)18-32-38-28(42(48)46(8)44(32)50)11-9-25(40(36)38)35(29)39(26)37/h9-18H,1-8H3. The summed E-state index contributed by atoms with van der Waals surface area (Å²) in [5.41, 5.74) is 12.3. The molecule has 7 aromatic rings. The molecule has 0 N–H and O–H groups in total. The van der Waals surface area contributed by atoms with Gasteiger partial charge >= 0.3 is 0 Å². The highest BCUT2D eigenvalue weighted by atomic mass is 16.2. The Hall–Kier alpha value is -5.88. The summed E-state index contributed by atoms with van der Waals surface area (Å²) in [7, 11) is 3.08. The number of benzene rings is 7. The van der Waals surface area contributed by atoms with Crippen LogP contribution in [0, 0.1) is 41.5 Å². The van der Waals surface area contributed by atoms with Gasteiger partial charge in [-0.15, -0.1) is 0 Å². The maximum absolute atomic E-state index is 14.1. The lowest BCUT2D eigenvalue weighted by Crippen LogP contribution is -2.37. The predicted molar refractivity (Wildman–Crippen MR) is 200 cm³/mol. The second-order valence-corrected chi connectivity index (χ2v) is 14.4. The molecule has 0 unspecified atom stereocenters. The number of imide groups is 2. The molecule has 6 heteroatoms. The van der Waals surface area contributed by atoms with Crippen LogP contribution in [0.15, 0.2) is 60.7 Å². The van der Waals surface area contributed by atoms with Gasteiger partial charge in [0.2, 0.25) is 0 Å². The molecule has 0 fully saturated rings. The van der Waals surface area contributed by atoms with E-state index >= 15 is 0 Å². The third kappa shape index (κ3) is 3.63. The summed E-state index contributed by atoms with van der Waals surface area (Å²) in [6, 6.07) is 20.2. The van der Waals surface area contributed by atoms with Crippen molar-refractivity contribution in [1.29, 1.82) is 0 Å². The van der Waals surface area contributed by atoms with Gasteiger partial charge in [0.25, 0.3) is 23.6 Å². The van der Waals surface area contributed by atoms with Gasteiger partial charge in [0.15, 0.2) is 0 Å². The number of rotatable bonds is 2. The molecule has 244 valence electrons. The summed E-state index contributed by atoms with van der Waals surface area (Å²) in [6.45, 7) is 12.5. The van der Waals surface area contributed by atoms with Crippen molar-refractivity contribution >= 4 is 66.7 Å². The molecule has 0 atom stereocenters. The van der Waals surface area contributed by atoms with Crippen LogP contribution in [0.3, 0.4) is 0 Å². The largest absolute Gasteiger partial charge is 0.277 e. The van der Waals surface area contributed by atoms with Gasteiger partial charge in [-0.25, -0.2) is 0 Å². The zero-order chi connectivity index (χ0) is 35.2. The second kappa shape index (κ2) is 9.85. The van der Waals surface area contributed by atoms with Crippen LogP contribution in [0.5, 0.6) is 0 Å². The zero-order valence-electron chi connectivity index (χ0n) is 29.3. The normalized spacial score (nSPS) is 14.5. The lowest BCUT2D eigenvalue weighted by atomic mass is 9.76. The van der Waals surface area contributed by atoms with Gasteiger partial charge in [-0.1, -0.05) is 47.5 Å². The van der Waals surface area contributed by atoms with Crippen molar-refractivity contribution in [2.45, 2.75) is 41.5 Å². The van der Waals surface area contributed by atoms with Crippen LogP contribution in [-0.2, 0) is 0 Å². The molecule has 2 heterocycles. The lowest BCUT2D eigenvalue weighted by molar-refractivity contribution is 0.0635. The predicted octanol–water partition coefficient (Wildman–Crippen LogP) is 9.37. The molecule has 6 nitrogen and oxygen atoms in total. The lowest BCUT2D eigenvalue weighted by Gasteiger charge is -2.30. The Kier molecular flexibility index (Phi) is 5.95. The molecule has 50 heavy (non-hydrogen) atoms. The fourth-order valence-electron chi connectivity index (χ4n) is 9.31. The van der Waals surface area contributed by atoms with Gasteiger partial charge in [0.1, 0.15) is 0 Å². The summed E-state index contributed by atoms with van der Waals surface area (Å²) in [4.78, 5) is 58.0. The van der Waals surface area contributed by atoms with Crippen LogP contribution in [0.1, 0.15) is 74.8 Å². The third-order valence-corrected chi connectivity index (χ3v) is 11.1. The molecular weight excluding hydrogens is 620 g/mol. The average Bonchev–Trinajstić information content (AvgIpc) is 3.06. The highest BCUT2D eigenvalue weighted by Crippen LogP contribution is 2.52. The molecule has 0 spiro atoms. The molecule has 0 aromatic heterocycles. The van der Waals surface area contributed by atoms with Gasteiger partial charge in [0, 0.05) is 47.1 Å². The van der Waals surface area contributed by atoms with Crippen molar-refractivity contribution in [3.63, 3.8) is 0 Å². The van der Waals surface area contributed by atoms with E-state index < -0.39 is 0 Å². The van der Waals surface area contributed by atoms with E-state index in [1.165, 1.54) is 9.80 Å². The first kappa shape index (κ1) is 30.2. The van der Waals surface area contributed by atoms with Gasteiger partial charge in [-0.2, -0.15) is 0 Å². The van der Waals surface area contributed by atoms with Crippen LogP contribution < -0.4 is 0 Å². The van der Waals surface area contributed by atoms with Crippen LogP contribution in [0.2, 0.25) is 0 Å². The van der Waals surface area contributed by atoms with Gasteiger partial charge in [-0.05, 0) is 143 Å².